The van der Waals surface area contributed by atoms with Gasteiger partial charge in [-0.05, 0) is 70.4 Å². The number of benzene rings is 1. The van der Waals surface area contributed by atoms with Gasteiger partial charge in [-0.15, -0.1) is 0 Å². The first-order valence-corrected chi connectivity index (χ1v) is 14.0. The molecule has 4 rings (SSSR count). The fourth-order valence-electron chi connectivity index (χ4n) is 6.15. The number of rotatable bonds is 8. The first-order valence-electron chi connectivity index (χ1n) is 14.0. The largest absolute Gasteiger partial charge is 0.420 e. The van der Waals surface area contributed by atoms with Crippen molar-refractivity contribution < 1.29 is 24.2 Å². The number of piperidine rings is 1. The SMILES string of the molecule is CC(C)(C)NC(=O)C1(C[C@@H](O)[C@H](Cc2ccccc2)NC(=O)OC2CCCO2)CC2CCCCC2CN1. The van der Waals surface area contributed by atoms with Gasteiger partial charge in [0.15, 0.2) is 0 Å². The van der Waals surface area contributed by atoms with Crippen molar-refractivity contribution in [3.05, 3.63) is 35.9 Å². The van der Waals surface area contributed by atoms with Crippen molar-refractivity contribution >= 4 is 12.0 Å². The molecule has 6 atom stereocenters. The van der Waals surface area contributed by atoms with Crippen molar-refractivity contribution in [1.82, 2.24) is 16.0 Å². The maximum Gasteiger partial charge on any atom is 0.409 e. The molecule has 1 aliphatic carbocycles. The molecule has 0 spiro atoms. The third-order valence-corrected chi connectivity index (χ3v) is 8.05. The van der Waals surface area contributed by atoms with Crippen molar-refractivity contribution in [3.63, 3.8) is 0 Å². The molecule has 2 heterocycles. The molecule has 8 heteroatoms. The predicted octanol–water partition coefficient (Wildman–Crippen LogP) is 3.66. The van der Waals surface area contributed by atoms with Crippen molar-refractivity contribution in [2.75, 3.05) is 13.2 Å². The number of nitrogens with one attached hydrogen (secondary N) is 3. The summed E-state index contributed by atoms with van der Waals surface area (Å²) in [6.45, 7) is 7.27. The molecule has 2 saturated heterocycles. The van der Waals surface area contributed by atoms with Crippen LogP contribution in [0.15, 0.2) is 30.3 Å². The molecule has 1 saturated carbocycles. The van der Waals surface area contributed by atoms with E-state index in [2.05, 4.69) is 16.0 Å². The highest BCUT2D eigenvalue weighted by atomic mass is 16.7. The van der Waals surface area contributed by atoms with Gasteiger partial charge in [0.25, 0.3) is 0 Å². The van der Waals surface area contributed by atoms with Crippen LogP contribution in [0.1, 0.15) is 77.7 Å². The van der Waals surface area contributed by atoms with Crippen molar-refractivity contribution in [2.45, 2.75) is 108 Å². The molecule has 2 amide bonds. The molecule has 3 fully saturated rings. The summed E-state index contributed by atoms with van der Waals surface area (Å²) in [7, 11) is 0. The Morgan fingerprint density at radius 3 is 2.54 bits per heavy atom. The summed E-state index contributed by atoms with van der Waals surface area (Å²) in [5, 5.41) is 21.3. The Hall–Kier alpha value is -2.16. The zero-order valence-electron chi connectivity index (χ0n) is 22.6. The lowest BCUT2D eigenvalue weighted by molar-refractivity contribution is -0.134. The highest BCUT2D eigenvalue weighted by Gasteiger charge is 2.49. The number of carbonyl (C=O) groups excluding carboxylic acids is 2. The normalized spacial score (nSPS) is 29.6. The summed E-state index contributed by atoms with van der Waals surface area (Å²) in [6, 6.07) is 9.13. The van der Waals surface area contributed by atoms with Crippen LogP contribution in [0.5, 0.6) is 0 Å². The van der Waals surface area contributed by atoms with Gasteiger partial charge in [0, 0.05) is 18.4 Å². The minimum absolute atomic E-state index is 0.0801. The number of hydrogen-bond donors (Lipinski definition) is 4. The predicted molar refractivity (Wildman–Crippen MR) is 142 cm³/mol. The lowest BCUT2D eigenvalue weighted by atomic mass is 9.67. The van der Waals surface area contributed by atoms with Crippen LogP contribution in [0.2, 0.25) is 0 Å². The average molecular weight is 516 g/mol. The molecule has 4 N–H and O–H groups in total. The maximum atomic E-state index is 13.8. The van der Waals surface area contributed by atoms with Crippen LogP contribution in [0.3, 0.4) is 0 Å². The van der Waals surface area contributed by atoms with E-state index in [4.69, 9.17) is 9.47 Å². The maximum absolute atomic E-state index is 13.8. The first-order chi connectivity index (χ1) is 17.6. The molecule has 0 aromatic heterocycles. The van der Waals surface area contributed by atoms with Gasteiger partial charge in [-0.25, -0.2) is 4.79 Å². The summed E-state index contributed by atoms with van der Waals surface area (Å²) in [6.07, 6.45) is 5.44. The van der Waals surface area contributed by atoms with Crippen LogP contribution in [0.4, 0.5) is 4.79 Å². The lowest BCUT2D eigenvalue weighted by Gasteiger charge is -2.48. The molecule has 1 aromatic carbocycles. The quantitative estimate of drug-likeness (QED) is 0.421. The Kier molecular flexibility index (Phi) is 9.14. The third-order valence-electron chi connectivity index (χ3n) is 8.05. The Morgan fingerprint density at radius 1 is 1.14 bits per heavy atom. The summed E-state index contributed by atoms with van der Waals surface area (Å²) in [5.74, 6) is 0.947. The van der Waals surface area contributed by atoms with Crippen LogP contribution in [0.25, 0.3) is 0 Å². The number of carbonyl (C=O) groups is 2. The Balaban J connectivity index is 1.53. The molecular weight excluding hydrogens is 470 g/mol. The van der Waals surface area contributed by atoms with Gasteiger partial charge in [0.2, 0.25) is 12.2 Å². The van der Waals surface area contributed by atoms with Gasteiger partial charge < -0.3 is 30.5 Å². The Morgan fingerprint density at radius 2 is 1.86 bits per heavy atom. The van der Waals surface area contributed by atoms with Gasteiger partial charge in [-0.1, -0.05) is 49.6 Å². The van der Waals surface area contributed by atoms with Gasteiger partial charge >= 0.3 is 6.09 Å². The lowest BCUT2D eigenvalue weighted by Crippen LogP contribution is -2.67. The molecule has 1 aromatic rings. The first kappa shape index (κ1) is 27.9. The van der Waals surface area contributed by atoms with Crippen LogP contribution in [-0.4, -0.2) is 59.8 Å². The number of alkyl carbamates (subject to hydrolysis) is 1. The van der Waals surface area contributed by atoms with Crippen molar-refractivity contribution in [3.8, 4) is 0 Å². The van der Waals surface area contributed by atoms with Gasteiger partial charge in [-0.2, -0.15) is 0 Å². The minimum Gasteiger partial charge on any atom is -0.420 e. The van der Waals surface area contributed by atoms with Crippen LogP contribution in [0, 0.1) is 11.8 Å². The van der Waals surface area contributed by atoms with E-state index in [0.29, 0.717) is 37.7 Å². The molecule has 206 valence electrons. The molecule has 4 unspecified atom stereocenters. The number of ether oxygens (including phenoxy) is 2. The smallest absolute Gasteiger partial charge is 0.409 e. The molecular formula is C29H45N3O5. The molecule has 0 radical (unpaired) electrons. The summed E-state index contributed by atoms with van der Waals surface area (Å²) >= 11 is 0. The molecule has 3 aliphatic rings. The third kappa shape index (κ3) is 7.68. The molecule has 37 heavy (non-hydrogen) atoms. The Bertz CT molecular complexity index is 899. The van der Waals surface area contributed by atoms with E-state index in [1.54, 1.807) is 0 Å². The fourth-order valence-corrected chi connectivity index (χ4v) is 6.15. The van der Waals surface area contributed by atoms with Crippen LogP contribution < -0.4 is 16.0 Å². The van der Waals surface area contributed by atoms with E-state index in [9.17, 15) is 14.7 Å². The number of fused-ring (bicyclic) bond motifs is 1. The standard InChI is InChI=1S/C29H45N3O5/c1-28(2,3)32-26(34)29(17-21-12-7-8-13-22(21)19-30-29)18-24(33)23(16-20-10-5-4-6-11-20)31-27(35)37-25-14-9-15-36-25/h4-6,10-11,21-25,30,33H,7-9,12-19H2,1-3H3,(H,31,35)(H,32,34)/t21?,22?,23-,24+,25?,29?/m0/s1. The molecule has 0 bridgehead atoms. The highest BCUT2D eigenvalue weighted by Crippen LogP contribution is 2.41. The van der Waals surface area contributed by atoms with E-state index in [1.807, 2.05) is 51.1 Å². The van der Waals surface area contributed by atoms with Crippen molar-refractivity contribution in [2.24, 2.45) is 11.8 Å². The average Bonchev–Trinajstić information content (AvgIpc) is 3.36. The monoisotopic (exact) mass is 515 g/mol. The second kappa shape index (κ2) is 12.1. The van der Waals surface area contributed by atoms with Crippen LogP contribution in [-0.2, 0) is 20.7 Å². The minimum atomic E-state index is -0.962. The number of aliphatic hydroxyl groups is 1. The zero-order valence-corrected chi connectivity index (χ0v) is 22.6. The topological polar surface area (TPSA) is 109 Å². The fraction of sp³-hybridized carbons (Fsp3) is 0.724. The summed E-state index contributed by atoms with van der Waals surface area (Å²) in [5.41, 5.74) is -0.311. The van der Waals surface area contributed by atoms with E-state index in [1.165, 1.54) is 19.3 Å². The van der Waals surface area contributed by atoms with Crippen LogP contribution >= 0.6 is 0 Å². The highest BCUT2D eigenvalue weighted by molar-refractivity contribution is 5.87. The summed E-state index contributed by atoms with van der Waals surface area (Å²) < 4.78 is 10.9. The zero-order chi connectivity index (χ0) is 26.5. The second-order valence-electron chi connectivity index (χ2n) is 12.2. The van der Waals surface area contributed by atoms with E-state index in [0.717, 1.165) is 24.9 Å². The number of amides is 2. The van der Waals surface area contributed by atoms with Gasteiger partial charge in [-0.3, -0.25) is 4.79 Å². The number of hydrogen-bond acceptors (Lipinski definition) is 6. The van der Waals surface area contributed by atoms with E-state index in [-0.39, 0.29) is 12.3 Å². The number of aliphatic hydroxyl groups excluding tert-OH is 1. The van der Waals surface area contributed by atoms with E-state index < -0.39 is 35.6 Å². The molecule has 8 nitrogen and oxygen atoms in total. The van der Waals surface area contributed by atoms with Gasteiger partial charge in [0.05, 0.1) is 18.8 Å². The second-order valence-corrected chi connectivity index (χ2v) is 12.2. The summed E-state index contributed by atoms with van der Waals surface area (Å²) in [4.78, 5) is 26.5. The van der Waals surface area contributed by atoms with Gasteiger partial charge in [0.1, 0.15) is 5.54 Å². The molecule has 2 aliphatic heterocycles. The van der Waals surface area contributed by atoms with E-state index >= 15 is 0 Å². The Labute approximate surface area is 221 Å². The van der Waals surface area contributed by atoms with Crippen molar-refractivity contribution in [1.29, 1.82) is 0 Å².